The molecule has 0 bridgehead atoms. The molecule has 5 nitrogen and oxygen atoms in total. The second-order valence-electron chi connectivity index (χ2n) is 8.60. The Bertz CT molecular complexity index is 886. The lowest BCUT2D eigenvalue weighted by atomic mass is 9.68. The molecular formula is C26H33NO4. The predicted molar refractivity (Wildman–Crippen MR) is 123 cm³/mol. The molecule has 1 aliphatic carbocycles. The average Bonchev–Trinajstić information content (AvgIpc) is 2.79. The molecule has 2 aromatic rings. The van der Waals surface area contributed by atoms with Gasteiger partial charge in [-0.3, -0.25) is 4.79 Å². The Morgan fingerprint density at radius 3 is 2.39 bits per heavy atom. The van der Waals surface area contributed by atoms with Crippen LogP contribution >= 0.6 is 0 Å². The lowest BCUT2D eigenvalue weighted by molar-refractivity contribution is -0.122. The van der Waals surface area contributed by atoms with E-state index in [1.165, 1.54) is 0 Å². The van der Waals surface area contributed by atoms with E-state index in [0.29, 0.717) is 29.5 Å². The molecule has 1 fully saturated rings. The highest BCUT2D eigenvalue weighted by atomic mass is 16.5. The van der Waals surface area contributed by atoms with Gasteiger partial charge in [0, 0.05) is 5.69 Å². The topological polar surface area (TPSA) is 64.6 Å². The lowest BCUT2D eigenvalue weighted by Crippen LogP contribution is -2.42. The molecule has 31 heavy (non-hydrogen) atoms. The van der Waals surface area contributed by atoms with Crippen molar-refractivity contribution in [3.05, 3.63) is 59.7 Å². The number of ether oxygens (including phenoxy) is 2. The molecule has 5 heteroatoms. The molecule has 0 radical (unpaired) electrons. The highest BCUT2D eigenvalue weighted by Crippen LogP contribution is 2.40. The van der Waals surface area contributed by atoms with Crippen molar-refractivity contribution in [1.82, 2.24) is 0 Å². The van der Waals surface area contributed by atoms with E-state index in [1.54, 1.807) is 25.1 Å². The summed E-state index contributed by atoms with van der Waals surface area (Å²) in [7, 11) is 0. The number of hydrogen-bond donors (Lipinski definition) is 1. The summed E-state index contributed by atoms with van der Waals surface area (Å²) in [6.07, 6.45) is 4.85. The first-order chi connectivity index (χ1) is 15.0. The molecular weight excluding hydrogens is 390 g/mol. The number of amides is 1. The molecule has 0 atom stereocenters. The van der Waals surface area contributed by atoms with E-state index in [4.69, 9.17) is 9.47 Å². The number of nitrogens with one attached hydrogen (secondary N) is 1. The van der Waals surface area contributed by atoms with Gasteiger partial charge in [0.25, 0.3) is 0 Å². The summed E-state index contributed by atoms with van der Waals surface area (Å²) in [5, 5.41) is 3.08. The van der Waals surface area contributed by atoms with Gasteiger partial charge in [0.1, 0.15) is 11.3 Å². The lowest BCUT2D eigenvalue weighted by Gasteiger charge is -2.36. The summed E-state index contributed by atoms with van der Waals surface area (Å²) >= 11 is 0. The van der Waals surface area contributed by atoms with Crippen LogP contribution in [0.1, 0.15) is 68.8 Å². The minimum Gasteiger partial charge on any atom is -0.492 e. The van der Waals surface area contributed by atoms with Crippen LogP contribution in [0.2, 0.25) is 0 Å². The quantitative estimate of drug-likeness (QED) is 0.550. The van der Waals surface area contributed by atoms with E-state index in [-0.39, 0.29) is 12.5 Å². The van der Waals surface area contributed by atoms with Gasteiger partial charge in [-0.2, -0.15) is 0 Å². The number of esters is 1. The van der Waals surface area contributed by atoms with Crippen molar-refractivity contribution >= 4 is 17.6 Å². The van der Waals surface area contributed by atoms with Crippen LogP contribution in [0.15, 0.2) is 48.5 Å². The predicted octanol–water partition coefficient (Wildman–Crippen LogP) is 5.74. The number of rotatable bonds is 8. The molecule has 1 saturated carbocycles. The van der Waals surface area contributed by atoms with E-state index < -0.39 is 11.4 Å². The Morgan fingerprint density at radius 2 is 1.74 bits per heavy atom. The van der Waals surface area contributed by atoms with E-state index in [0.717, 1.165) is 37.7 Å². The molecule has 2 aromatic carbocycles. The van der Waals surface area contributed by atoms with Crippen LogP contribution in [0.3, 0.4) is 0 Å². The monoisotopic (exact) mass is 423 g/mol. The van der Waals surface area contributed by atoms with E-state index >= 15 is 0 Å². The highest BCUT2D eigenvalue weighted by molar-refractivity contribution is 6.01. The fourth-order valence-electron chi connectivity index (χ4n) is 4.17. The van der Waals surface area contributed by atoms with Crippen molar-refractivity contribution in [1.29, 1.82) is 0 Å². The van der Waals surface area contributed by atoms with Crippen LogP contribution in [0, 0.1) is 5.92 Å². The number of hydrogen-bond acceptors (Lipinski definition) is 4. The second-order valence-corrected chi connectivity index (χ2v) is 8.60. The van der Waals surface area contributed by atoms with Crippen LogP contribution in [0.5, 0.6) is 5.75 Å². The molecule has 1 N–H and O–H groups in total. The molecule has 1 aliphatic rings. The zero-order chi connectivity index (χ0) is 22.3. The molecule has 166 valence electrons. The normalized spacial score (nSPS) is 15.4. The summed E-state index contributed by atoms with van der Waals surface area (Å²) < 4.78 is 11.0. The largest absolute Gasteiger partial charge is 0.492 e. The molecule has 0 saturated heterocycles. The molecule has 0 aromatic heterocycles. The zero-order valence-corrected chi connectivity index (χ0v) is 18.8. The Balaban J connectivity index is 1.88. The molecule has 0 unspecified atom stereocenters. The van der Waals surface area contributed by atoms with Crippen molar-refractivity contribution in [2.24, 2.45) is 5.92 Å². The maximum absolute atomic E-state index is 13.5. The number of anilines is 1. The van der Waals surface area contributed by atoms with Crippen molar-refractivity contribution in [2.75, 3.05) is 18.5 Å². The van der Waals surface area contributed by atoms with Gasteiger partial charge in [-0.15, -0.1) is 0 Å². The first kappa shape index (κ1) is 22.9. The third-order valence-corrected chi connectivity index (χ3v) is 5.77. The van der Waals surface area contributed by atoms with Gasteiger partial charge in [0.05, 0.1) is 18.6 Å². The van der Waals surface area contributed by atoms with E-state index in [9.17, 15) is 9.59 Å². The number of carbonyl (C=O) groups is 2. The van der Waals surface area contributed by atoms with Gasteiger partial charge in [-0.05, 0) is 49.4 Å². The van der Waals surface area contributed by atoms with Gasteiger partial charge in [-0.25, -0.2) is 4.79 Å². The minimum absolute atomic E-state index is 0.0240. The van der Waals surface area contributed by atoms with Crippen molar-refractivity contribution in [2.45, 2.75) is 58.3 Å². The molecule has 0 spiro atoms. The van der Waals surface area contributed by atoms with Crippen LogP contribution in [-0.2, 0) is 14.9 Å². The van der Waals surface area contributed by atoms with Crippen LogP contribution < -0.4 is 10.1 Å². The maximum Gasteiger partial charge on any atom is 0.341 e. The maximum atomic E-state index is 13.5. The number of carbonyl (C=O) groups excluding carboxylic acids is 2. The second kappa shape index (κ2) is 10.5. The van der Waals surface area contributed by atoms with Crippen molar-refractivity contribution < 1.29 is 19.1 Å². The third-order valence-electron chi connectivity index (χ3n) is 5.77. The van der Waals surface area contributed by atoms with Crippen molar-refractivity contribution in [3.63, 3.8) is 0 Å². The molecule has 1 amide bonds. The Kier molecular flexibility index (Phi) is 7.72. The van der Waals surface area contributed by atoms with Crippen molar-refractivity contribution in [3.8, 4) is 5.75 Å². The Morgan fingerprint density at radius 1 is 1.03 bits per heavy atom. The van der Waals surface area contributed by atoms with E-state index in [2.05, 4.69) is 5.32 Å². The summed E-state index contributed by atoms with van der Waals surface area (Å²) in [6, 6.07) is 15.2. The third kappa shape index (κ3) is 5.46. The fourth-order valence-corrected chi connectivity index (χ4v) is 4.17. The Hall–Kier alpha value is -2.82. The van der Waals surface area contributed by atoms with Gasteiger partial charge < -0.3 is 14.8 Å². The smallest absolute Gasteiger partial charge is 0.341 e. The summed E-state index contributed by atoms with van der Waals surface area (Å²) in [6.45, 7) is 6.63. The SMILES string of the molecule is CCOC(=O)c1cc(NC(=O)C2(c3ccccc3)CCCCC2)ccc1OCC(C)C. The average molecular weight is 424 g/mol. The van der Waals surface area contributed by atoms with Crippen LogP contribution in [-0.4, -0.2) is 25.1 Å². The van der Waals surface area contributed by atoms with E-state index in [1.807, 2.05) is 44.2 Å². The van der Waals surface area contributed by atoms with Gasteiger partial charge >= 0.3 is 5.97 Å². The van der Waals surface area contributed by atoms with Crippen LogP contribution in [0.25, 0.3) is 0 Å². The first-order valence-electron chi connectivity index (χ1n) is 11.3. The zero-order valence-electron chi connectivity index (χ0n) is 18.8. The van der Waals surface area contributed by atoms with Crippen LogP contribution in [0.4, 0.5) is 5.69 Å². The summed E-state index contributed by atoms with van der Waals surface area (Å²) in [5.41, 5.74) is 1.41. The Labute approximate surface area is 185 Å². The summed E-state index contributed by atoms with van der Waals surface area (Å²) in [4.78, 5) is 26.1. The first-order valence-corrected chi connectivity index (χ1v) is 11.3. The fraction of sp³-hybridized carbons (Fsp3) is 0.462. The minimum atomic E-state index is -0.545. The molecule has 3 rings (SSSR count). The van der Waals surface area contributed by atoms with Gasteiger partial charge in [0.15, 0.2) is 0 Å². The number of benzene rings is 2. The molecule has 0 heterocycles. The highest BCUT2D eigenvalue weighted by Gasteiger charge is 2.41. The molecule has 0 aliphatic heterocycles. The summed E-state index contributed by atoms with van der Waals surface area (Å²) in [5.74, 6) is 0.323. The standard InChI is InChI=1S/C26H33NO4/c1-4-30-24(28)22-17-21(13-14-23(22)31-18-19(2)3)27-25(29)26(15-9-6-10-16-26)20-11-7-5-8-12-20/h5,7-8,11-14,17,19H,4,6,9-10,15-16,18H2,1-3H3,(H,27,29). The van der Waals surface area contributed by atoms with Gasteiger partial charge in [-0.1, -0.05) is 63.4 Å². The van der Waals surface area contributed by atoms with Gasteiger partial charge in [0.2, 0.25) is 5.91 Å².